The molecule has 4 rings (SSSR count). The summed E-state index contributed by atoms with van der Waals surface area (Å²) < 4.78 is 21.6. The number of amides is 2. The van der Waals surface area contributed by atoms with Crippen LogP contribution in [0, 0.1) is 6.92 Å². The molecule has 0 saturated carbocycles. The molecule has 1 aromatic heterocycles. The summed E-state index contributed by atoms with van der Waals surface area (Å²) in [6.45, 7) is 3.06. The molecule has 1 heterocycles. The second-order valence-electron chi connectivity index (χ2n) is 8.92. The van der Waals surface area contributed by atoms with Gasteiger partial charge in [0.1, 0.15) is 35.2 Å². The molecule has 0 aliphatic carbocycles. The average Bonchev–Trinajstić information content (AvgIpc) is 3.36. The standard InChI is InChI=1S/C31H30N2O7/c1-20(22-9-5-4-6-10-22)32-30(35)26-11-7-8-12-28(26)33-29(34)19-39-31(36)27-17-25(40-21(27)2)18-38-24-15-13-23(37-3)14-16-24/h4-17,20H,18-19H2,1-3H3,(H,32,35)(H,33,34). The Bertz CT molecular complexity index is 1460. The molecule has 0 bridgehead atoms. The number of aryl methyl sites for hydroxylation is 1. The van der Waals surface area contributed by atoms with Gasteiger partial charge in [0.25, 0.3) is 11.8 Å². The van der Waals surface area contributed by atoms with Crippen molar-refractivity contribution >= 4 is 23.5 Å². The highest BCUT2D eigenvalue weighted by molar-refractivity contribution is 6.04. The van der Waals surface area contributed by atoms with Crippen molar-refractivity contribution in [2.24, 2.45) is 0 Å². The van der Waals surface area contributed by atoms with Crippen molar-refractivity contribution in [2.45, 2.75) is 26.5 Å². The molecule has 1 atom stereocenters. The van der Waals surface area contributed by atoms with Crippen molar-refractivity contribution < 1.29 is 33.0 Å². The van der Waals surface area contributed by atoms with Crippen LogP contribution in [0.15, 0.2) is 89.3 Å². The van der Waals surface area contributed by atoms with Crippen molar-refractivity contribution in [1.82, 2.24) is 5.32 Å². The molecule has 0 aliphatic heterocycles. The molecule has 3 aromatic carbocycles. The van der Waals surface area contributed by atoms with E-state index >= 15 is 0 Å². The fourth-order valence-corrected chi connectivity index (χ4v) is 3.93. The number of benzene rings is 3. The molecule has 206 valence electrons. The zero-order valence-electron chi connectivity index (χ0n) is 22.4. The SMILES string of the molecule is COc1ccc(OCc2cc(C(=O)OCC(=O)Nc3ccccc3C(=O)NC(C)c3ccccc3)c(C)o2)cc1. The molecule has 4 aromatic rings. The Morgan fingerprint density at radius 1 is 0.875 bits per heavy atom. The lowest BCUT2D eigenvalue weighted by Gasteiger charge is -2.16. The molecule has 0 fully saturated rings. The van der Waals surface area contributed by atoms with E-state index < -0.39 is 18.5 Å². The maximum Gasteiger partial charge on any atom is 0.342 e. The number of ether oxygens (including phenoxy) is 3. The molecule has 40 heavy (non-hydrogen) atoms. The maximum atomic E-state index is 12.9. The predicted octanol–water partition coefficient (Wildman–Crippen LogP) is 5.46. The van der Waals surface area contributed by atoms with Crippen molar-refractivity contribution in [3.63, 3.8) is 0 Å². The molecule has 2 N–H and O–H groups in total. The summed E-state index contributed by atoms with van der Waals surface area (Å²) in [5, 5.41) is 5.58. The second-order valence-corrected chi connectivity index (χ2v) is 8.92. The van der Waals surface area contributed by atoms with Gasteiger partial charge in [-0.2, -0.15) is 0 Å². The Kier molecular flexibility index (Phi) is 9.19. The topological polar surface area (TPSA) is 116 Å². The number of hydrogen-bond donors (Lipinski definition) is 2. The lowest BCUT2D eigenvalue weighted by molar-refractivity contribution is -0.119. The van der Waals surface area contributed by atoms with E-state index in [9.17, 15) is 14.4 Å². The highest BCUT2D eigenvalue weighted by Gasteiger charge is 2.20. The Labute approximate surface area is 232 Å². The van der Waals surface area contributed by atoms with Gasteiger partial charge in [0.15, 0.2) is 6.61 Å². The van der Waals surface area contributed by atoms with Crippen molar-refractivity contribution in [3.05, 3.63) is 113 Å². The van der Waals surface area contributed by atoms with Crippen LogP contribution in [-0.2, 0) is 16.1 Å². The third-order valence-corrected chi connectivity index (χ3v) is 6.06. The van der Waals surface area contributed by atoms with E-state index in [1.54, 1.807) is 62.6 Å². The first kappa shape index (κ1) is 28.0. The zero-order chi connectivity index (χ0) is 28.5. The first-order chi connectivity index (χ1) is 19.3. The lowest BCUT2D eigenvalue weighted by Crippen LogP contribution is -2.28. The van der Waals surface area contributed by atoms with E-state index in [1.807, 2.05) is 37.3 Å². The normalized spacial score (nSPS) is 11.3. The van der Waals surface area contributed by atoms with Crippen molar-refractivity contribution in [2.75, 3.05) is 19.0 Å². The van der Waals surface area contributed by atoms with Crippen LogP contribution in [-0.4, -0.2) is 31.5 Å². The monoisotopic (exact) mass is 542 g/mol. The molecular formula is C31H30N2O7. The lowest BCUT2D eigenvalue weighted by atomic mass is 10.1. The Balaban J connectivity index is 1.30. The van der Waals surface area contributed by atoms with E-state index in [4.69, 9.17) is 18.6 Å². The van der Waals surface area contributed by atoms with Crippen LogP contribution in [0.5, 0.6) is 11.5 Å². The van der Waals surface area contributed by atoms with Gasteiger partial charge in [0.2, 0.25) is 0 Å². The van der Waals surface area contributed by atoms with Gasteiger partial charge in [-0.1, -0.05) is 42.5 Å². The van der Waals surface area contributed by atoms with Gasteiger partial charge in [-0.25, -0.2) is 4.79 Å². The predicted molar refractivity (Wildman–Crippen MR) is 148 cm³/mol. The van der Waals surface area contributed by atoms with E-state index in [1.165, 1.54) is 6.07 Å². The van der Waals surface area contributed by atoms with Crippen molar-refractivity contribution in [3.8, 4) is 11.5 Å². The van der Waals surface area contributed by atoms with Gasteiger partial charge in [0, 0.05) is 0 Å². The number of rotatable bonds is 11. The summed E-state index contributed by atoms with van der Waals surface area (Å²) in [5.74, 6) is 0.438. The largest absolute Gasteiger partial charge is 0.497 e. The summed E-state index contributed by atoms with van der Waals surface area (Å²) in [7, 11) is 1.58. The molecule has 0 spiro atoms. The van der Waals surface area contributed by atoms with Crippen molar-refractivity contribution in [1.29, 1.82) is 0 Å². The maximum absolute atomic E-state index is 12.9. The average molecular weight is 543 g/mol. The summed E-state index contributed by atoms with van der Waals surface area (Å²) in [5.41, 5.74) is 1.74. The summed E-state index contributed by atoms with van der Waals surface area (Å²) in [6, 6.07) is 24.5. The van der Waals surface area contributed by atoms with Crippen LogP contribution < -0.4 is 20.1 Å². The minimum atomic E-state index is -0.713. The van der Waals surface area contributed by atoms with Crippen LogP contribution in [0.1, 0.15) is 50.8 Å². The third kappa shape index (κ3) is 7.28. The molecule has 0 saturated heterocycles. The number of carbonyl (C=O) groups is 3. The minimum Gasteiger partial charge on any atom is -0.497 e. The number of para-hydroxylation sites is 1. The van der Waals surface area contributed by atoms with Gasteiger partial charge in [-0.15, -0.1) is 0 Å². The summed E-state index contributed by atoms with van der Waals surface area (Å²) >= 11 is 0. The third-order valence-electron chi connectivity index (χ3n) is 6.06. The van der Waals surface area contributed by atoms with E-state index in [2.05, 4.69) is 10.6 Å². The van der Waals surface area contributed by atoms with Gasteiger partial charge in [0.05, 0.1) is 24.4 Å². The molecule has 9 heteroatoms. The Morgan fingerprint density at radius 2 is 1.55 bits per heavy atom. The van der Waals surface area contributed by atoms with Crippen LogP contribution >= 0.6 is 0 Å². The number of furan rings is 1. The number of nitrogens with one attached hydrogen (secondary N) is 2. The molecule has 1 unspecified atom stereocenters. The van der Waals surface area contributed by atoms with Crippen LogP contribution in [0.2, 0.25) is 0 Å². The molecular weight excluding hydrogens is 512 g/mol. The second kappa shape index (κ2) is 13.1. The van der Waals surface area contributed by atoms with Gasteiger partial charge >= 0.3 is 5.97 Å². The highest BCUT2D eigenvalue weighted by atomic mass is 16.5. The fourth-order valence-electron chi connectivity index (χ4n) is 3.93. The van der Waals surface area contributed by atoms with Crippen LogP contribution in [0.3, 0.4) is 0 Å². The molecule has 9 nitrogen and oxygen atoms in total. The van der Waals surface area contributed by atoms with Gasteiger partial charge in [-0.05, 0) is 61.9 Å². The van der Waals surface area contributed by atoms with E-state index in [0.29, 0.717) is 28.7 Å². The van der Waals surface area contributed by atoms with Crippen LogP contribution in [0.4, 0.5) is 5.69 Å². The number of esters is 1. The van der Waals surface area contributed by atoms with E-state index in [-0.39, 0.29) is 29.7 Å². The fraction of sp³-hybridized carbons (Fsp3) is 0.194. The zero-order valence-corrected chi connectivity index (χ0v) is 22.4. The van der Waals surface area contributed by atoms with Crippen LogP contribution in [0.25, 0.3) is 0 Å². The first-order valence-corrected chi connectivity index (χ1v) is 12.6. The highest BCUT2D eigenvalue weighted by Crippen LogP contribution is 2.21. The number of methoxy groups -OCH3 is 1. The number of carbonyl (C=O) groups excluding carboxylic acids is 3. The van der Waals surface area contributed by atoms with Gasteiger partial charge in [-0.3, -0.25) is 9.59 Å². The molecule has 0 aliphatic rings. The Morgan fingerprint density at radius 3 is 2.27 bits per heavy atom. The quantitative estimate of drug-likeness (QED) is 0.242. The number of hydrogen-bond acceptors (Lipinski definition) is 7. The summed E-state index contributed by atoms with van der Waals surface area (Å²) in [4.78, 5) is 38.1. The molecule has 2 amide bonds. The number of anilines is 1. The molecule has 0 radical (unpaired) electrons. The minimum absolute atomic E-state index is 0.0999. The van der Waals surface area contributed by atoms with E-state index in [0.717, 1.165) is 5.56 Å². The first-order valence-electron chi connectivity index (χ1n) is 12.6. The van der Waals surface area contributed by atoms with Gasteiger partial charge < -0.3 is 29.3 Å². The summed E-state index contributed by atoms with van der Waals surface area (Å²) in [6.07, 6.45) is 0. The Hall–Kier alpha value is -5.05. The smallest absolute Gasteiger partial charge is 0.342 e.